The molecule has 0 aliphatic carbocycles. The van der Waals surface area contributed by atoms with Crippen molar-refractivity contribution in [2.24, 2.45) is 0 Å². The summed E-state index contributed by atoms with van der Waals surface area (Å²) in [4.78, 5) is 12.0. The van der Waals surface area contributed by atoms with Gasteiger partial charge in [0.2, 0.25) is 0 Å². The number of rotatable bonds is 15. The number of hydrogen-bond acceptors (Lipinski definition) is 4. The summed E-state index contributed by atoms with van der Waals surface area (Å²) in [5.74, 6) is 0.385. The van der Waals surface area contributed by atoms with Crippen molar-refractivity contribution in [3.05, 3.63) is 89.0 Å². The molecule has 0 aliphatic rings. The molecular weight excluding hydrogens is 484 g/mol. The van der Waals surface area contributed by atoms with Gasteiger partial charge in [0, 0.05) is 12.0 Å². The van der Waals surface area contributed by atoms with E-state index in [9.17, 15) is 9.90 Å². The molecule has 0 fully saturated rings. The summed E-state index contributed by atoms with van der Waals surface area (Å²) in [6.45, 7) is 12.3. The Hall–Kier alpha value is -3.37. The molecular formula is C35H44O4. The third-order valence-corrected chi connectivity index (χ3v) is 7.10. The van der Waals surface area contributed by atoms with Crippen LogP contribution < -0.4 is 4.74 Å². The smallest absolute Gasteiger partial charge is 0.333 e. The fraction of sp³-hybridized carbons (Fsp3) is 0.400. The molecule has 0 aromatic heterocycles. The molecule has 0 amide bonds. The van der Waals surface area contributed by atoms with Gasteiger partial charge in [-0.1, -0.05) is 82.7 Å². The maximum Gasteiger partial charge on any atom is 0.333 e. The maximum atomic E-state index is 12.0. The highest BCUT2D eigenvalue weighted by molar-refractivity contribution is 5.87. The summed E-state index contributed by atoms with van der Waals surface area (Å²) < 4.78 is 11.3. The number of aryl methyl sites for hydroxylation is 3. The van der Waals surface area contributed by atoms with Gasteiger partial charge in [0.25, 0.3) is 0 Å². The van der Waals surface area contributed by atoms with E-state index >= 15 is 0 Å². The van der Waals surface area contributed by atoms with Crippen LogP contribution in [-0.2, 0) is 35.2 Å². The topological polar surface area (TPSA) is 55.8 Å². The average molecular weight is 529 g/mol. The molecule has 0 aliphatic heterocycles. The Balaban J connectivity index is 1.96. The molecule has 39 heavy (non-hydrogen) atoms. The van der Waals surface area contributed by atoms with Gasteiger partial charge in [0.05, 0.1) is 13.2 Å². The zero-order chi connectivity index (χ0) is 28.2. The highest BCUT2D eigenvalue weighted by Gasteiger charge is 2.15. The van der Waals surface area contributed by atoms with Crippen LogP contribution in [0.3, 0.4) is 0 Å². The molecule has 208 valence electrons. The lowest BCUT2D eigenvalue weighted by molar-refractivity contribution is -0.138. The fourth-order valence-corrected chi connectivity index (χ4v) is 4.85. The fourth-order valence-electron chi connectivity index (χ4n) is 4.85. The number of aliphatic hydroxyl groups excluding tert-OH is 1. The zero-order valence-corrected chi connectivity index (χ0v) is 24.1. The van der Waals surface area contributed by atoms with Crippen LogP contribution in [0.25, 0.3) is 22.3 Å². The largest absolute Gasteiger partial charge is 0.491 e. The molecule has 0 saturated heterocycles. The average Bonchev–Trinajstić information content (AvgIpc) is 2.96. The van der Waals surface area contributed by atoms with E-state index in [2.05, 4.69) is 75.9 Å². The van der Waals surface area contributed by atoms with Crippen molar-refractivity contribution in [2.45, 2.75) is 72.6 Å². The minimum atomic E-state index is -0.382. The van der Waals surface area contributed by atoms with Gasteiger partial charge in [-0.25, -0.2) is 4.79 Å². The van der Waals surface area contributed by atoms with E-state index in [0.29, 0.717) is 12.0 Å². The molecule has 3 aromatic rings. The number of esters is 1. The highest BCUT2D eigenvalue weighted by Crippen LogP contribution is 2.35. The standard InChI is InChI=1S/C35H44O4/c1-6-9-10-11-26-12-14-29(15-13-26)32-17-16-30(22-27(32)7-2)33-23-28(8-3)34(38-21-19-36)24-31(33)18-20-39-35(37)25(4)5/h12-17,22-24,36H,4,6-11,18-21H2,1-3,5H3. The lowest BCUT2D eigenvalue weighted by atomic mass is 9.89. The summed E-state index contributed by atoms with van der Waals surface area (Å²) in [6, 6.07) is 20.0. The van der Waals surface area contributed by atoms with Gasteiger partial charge in [-0.2, -0.15) is 0 Å². The van der Waals surface area contributed by atoms with E-state index in [1.807, 2.05) is 6.07 Å². The molecule has 0 atom stereocenters. The number of benzene rings is 3. The van der Waals surface area contributed by atoms with Crippen LogP contribution in [0.2, 0.25) is 0 Å². The number of hydrogen-bond donors (Lipinski definition) is 1. The molecule has 0 radical (unpaired) electrons. The third kappa shape index (κ3) is 8.31. The van der Waals surface area contributed by atoms with E-state index in [4.69, 9.17) is 9.47 Å². The molecule has 0 unspecified atom stereocenters. The number of ether oxygens (including phenoxy) is 2. The van der Waals surface area contributed by atoms with Gasteiger partial charge in [0.15, 0.2) is 0 Å². The minimum absolute atomic E-state index is 0.0441. The molecule has 0 saturated carbocycles. The van der Waals surface area contributed by atoms with E-state index in [0.717, 1.165) is 47.3 Å². The normalized spacial score (nSPS) is 10.9. The summed E-state index contributed by atoms with van der Waals surface area (Å²) in [6.07, 6.45) is 7.17. The highest BCUT2D eigenvalue weighted by atomic mass is 16.5. The van der Waals surface area contributed by atoms with Gasteiger partial charge >= 0.3 is 5.97 Å². The lowest BCUT2D eigenvalue weighted by Crippen LogP contribution is -2.10. The second-order valence-corrected chi connectivity index (χ2v) is 10.1. The summed E-state index contributed by atoms with van der Waals surface area (Å²) in [7, 11) is 0. The van der Waals surface area contributed by atoms with Crippen LogP contribution in [0.5, 0.6) is 5.75 Å². The van der Waals surface area contributed by atoms with Gasteiger partial charge < -0.3 is 14.6 Å². The van der Waals surface area contributed by atoms with Gasteiger partial charge in [0.1, 0.15) is 12.4 Å². The van der Waals surface area contributed by atoms with E-state index in [-0.39, 0.29) is 25.8 Å². The first-order chi connectivity index (χ1) is 18.9. The van der Waals surface area contributed by atoms with Crippen LogP contribution in [0.1, 0.15) is 69.2 Å². The van der Waals surface area contributed by atoms with Gasteiger partial charge in [-0.05, 0) is 89.2 Å². The Morgan fingerprint density at radius 2 is 1.51 bits per heavy atom. The second-order valence-electron chi connectivity index (χ2n) is 10.1. The summed E-state index contributed by atoms with van der Waals surface area (Å²) in [5.41, 5.74) is 9.96. The Labute approximate surface area is 234 Å². The van der Waals surface area contributed by atoms with Crippen molar-refractivity contribution in [3.63, 3.8) is 0 Å². The quantitative estimate of drug-likeness (QED) is 0.124. The first-order valence-corrected chi connectivity index (χ1v) is 14.4. The Morgan fingerprint density at radius 1 is 0.795 bits per heavy atom. The Morgan fingerprint density at radius 3 is 2.15 bits per heavy atom. The molecule has 4 heteroatoms. The van der Waals surface area contributed by atoms with Crippen molar-refractivity contribution in [3.8, 4) is 28.0 Å². The van der Waals surface area contributed by atoms with Gasteiger partial charge in [-0.15, -0.1) is 0 Å². The molecule has 4 nitrogen and oxygen atoms in total. The zero-order valence-electron chi connectivity index (χ0n) is 24.1. The van der Waals surface area contributed by atoms with Crippen LogP contribution in [0, 0.1) is 0 Å². The monoisotopic (exact) mass is 528 g/mol. The first kappa shape index (κ1) is 30.2. The predicted octanol–water partition coefficient (Wildman–Crippen LogP) is 7.91. The van der Waals surface area contributed by atoms with Crippen molar-refractivity contribution < 1.29 is 19.4 Å². The summed E-state index contributed by atoms with van der Waals surface area (Å²) in [5, 5.41) is 9.30. The number of aliphatic hydroxyl groups is 1. The Bertz CT molecular complexity index is 1240. The van der Waals surface area contributed by atoms with Crippen LogP contribution >= 0.6 is 0 Å². The van der Waals surface area contributed by atoms with E-state index in [1.165, 1.54) is 41.5 Å². The summed E-state index contributed by atoms with van der Waals surface area (Å²) >= 11 is 0. The Kier molecular flexibility index (Phi) is 11.8. The van der Waals surface area contributed by atoms with Crippen LogP contribution in [-0.4, -0.2) is 30.9 Å². The lowest BCUT2D eigenvalue weighted by Gasteiger charge is -2.18. The predicted molar refractivity (Wildman–Crippen MR) is 161 cm³/mol. The van der Waals surface area contributed by atoms with Crippen LogP contribution in [0.4, 0.5) is 0 Å². The molecule has 0 bridgehead atoms. The van der Waals surface area contributed by atoms with E-state index < -0.39 is 0 Å². The SMILES string of the molecule is C=C(C)C(=O)OCCc1cc(OCCO)c(CC)cc1-c1ccc(-c2ccc(CCCCC)cc2)c(CC)c1. The van der Waals surface area contributed by atoms with Crippen molar-refractivity contribution in [1.82, 2.24) is 0 Å². The molecule has 3 rings (SSSR count). The molecule has 0 heterocycles. The number of carbonyl (C=O) groups is 1. The molecule has 1 N–H and O–H groups in total. The minimum Gasteiger partial charge on any atom is -0.491 e. The first-order valence-electron chi connectivity index (χ1n) is 14.4. The third-order valence-electron chi connectivity index (χ3n) is 7.10. The van der Waals surface area contributed by atoms with Crippen LogP contribution in [0.15, 0.2) is 66.7 Å². The maximum absolute atomic E-state index is 12.0. The van der Waals surface area contributed by atoms with Crippen molar-refractivity contribution in [1.29, 1.82) is 0 Å². The van der Waals surface area contributed by atoms with E-state index in [1.54, 1.807) is 6.92 Å². The second kappa shape index (κ2) is 15.3. The van der Waals surface area contributed by atoms with Crippen molar-refractivity contribution >= 4 is 5.97 Å². The van der Waals surface area contributed by atoms with Gasteiger partial charge in [-0.3, -0.25) is 0 Å². The number of carbonyl (C=O) groups excluding carboxylic acids is 1. The van der Waals surface area contributed by atoms with Crippen molar-refractivity contribution in [2.75, 3.05) is 19.8 Å². The molecule has 3 aromatic carbocycles. The number of unbranched alkanes of at least 4 members (excludes halogenated alkanes) is 2. The molecule has 0 spiro atoms.